The van der Waals surface area contributed by atoms with Crippen molar-refractivity contribution in [2.75, 3.05) is 20.3 Å². The van der Waals surface area contributed by atoms with E-state index in [2.05, 4.69) is 5.32 Å². The fourth-order valence-corrected chi connectivity index (χ4v) is 3.29. The summed E-state index contributed by atoms with van der Waals surface area (Å²) in [5.41, 5.74) is 4.88. The van der Waals surface area contributed by atoms with Crippen LogP contribution in [0.1, 0.15) is 28.8 Å². The molecule has 0 aliphatic carbocycles. The summed E-state index contributed by atoms with van der Waals surface area (Å²) in [6.07, 6.45) is 0.895. The highest BCUT2D eigenvalue weighted by molar-refractivity contribution is 5.76. The monoisotopic (exact) mass is 407 g/mol. The molecule has 0 atom stereocenters. The van der Waals surface area contributed by atoms with Crippen molar-refractivity contribution in [1.82, 2.24) is 15.1 Å². The Morgan fingerprint density at radius 1 is 1.03 bits per heavy atom. The van der Waals surface area contributed by atoms with Crippen LogP contribution in [0.5, 0.6) is 11.6 Å². The second kappa shape index (κ2) is 10.1. The fourth-order valence-electron chi connectivity index (χ4n) is 3.29. The molecule has 1 amide bonds. The SMILES string of the molecule is COCCNC(=O)CCc1c(C)nn(-c2ccccc2C)c1Oc1ccccc1C. The number of carbonyl (C=O) groups excluding carboxylic acids is 1. The third kappa shape index (κ3) is 5.07. The number of amides is 1. The van der Waals surface area contributed by atoms with Crippen LogP contribution in [0.3, 0.4) is 0 Å². The number of nitrogens with one attached hydrogen (secondary N) is 1. The molecule has 6 heteroatoms. The second-order valence-corrected chi connectivity index (χ2v) is 7.28. The van der Waals surface area contributed by atoms with Crippen LogP contribution < -0.4 is 10.1 Å². The third-order valence-electron chi connectivity index (χ3n) is 5.01. The molecule has 1 heterocycles. The molecule has 0 unspecified atom stereocenters. The zero-order chi connectivity index (χ0) is 21.5. The minimum atomic E-state index is -0.0167. The standard InChI is InChI=1S/C24H29N3O3/c1-17-9-5-7-11-21(17)27-24(30-22-12-8-6-10-18(22)2)20(19(3)26-27)13-14-23(28)25-15-16-29-4/h5-12H,13-16H2,1-4H3,(H,25,28). The highest BCUT2D eigenvalue weighted by Crippen LogP contribution is 2.33. The predicted octanol–water partition coefficient (Wildman–Crippen LogP) is 4.29. The quantitative estimate of drug-likeness (QED) is 0.538. The first-order valence-electron chi connectivity index (χ1n) is 10.1. The number of rotatable bonds is 9. The van der Waals surface area contributed by atoms with Crippen molar-refractivity contribution in [3.8, 4) is 17.3 Å². The highest BCUT2D eigenvalue weighted by Gasteiger charge is 2.21. The summed E-state index contributed by atoms with van der Waals surface area (Å²) < 4.78 is 13.2. The minimum absolute atomic E-state index is 0.0167. The molecule has 0 spiro atoms. The first-order chi connectivity index (χ1) is 14.5. The van der Waals surface area contributed by atoms with Gasteiger partial charge in [0, 0.05) is 25.6 Å². The Balaban J connectivity index is 1.94. The van der Waals surface area contributed by atoms with Crippen molar-refractivity contribution in [2.45, 2.75) is 33.6 Å². The van der Waals surface area contributed by atoms with Crippen molar-refractivity contribution in [1.29, 1.82) is 0 Å². The summed E-state index contributed by atoms with van der Waals surface area (Å²) in [5, 5.41) is 7.63. The van der Waals surface area contributed by atoms with Crippen molar-refractivity contribution >= 4 is 5.91 Å². The molecule has 0 saturated carbocycles. The Morgan fingerprint density at radius 3 is 2.43 bits per heavy atom. The van der Waals surface area contributed by atoms with Crippen LogP contribution in [0, 0.1) is 20.8 Å². The number of ether oxygens (including phenoxy) is 2. The maximum Gasteiger partial charge on any atom is 0.226 e. The summed E-state index contributed by atoms with van der Waals surface area (Å²) >= 11 is 0. The van der Waals surface area contributed by atoms with E-state index in [1.807, 2.05) is 74.0 Å². The number of para-hydroxylation sites is 2. The van der Waals surface area contributed by atoms with E-state index in [0.717, 1.165) is 33.8 Å². The van der Waals surface area contributed by atoms with Gasteiger partial charge in [-0.05, 0) is 50.5 Å². The van der Waals surface area contributed by atoms with E-state index in [0.29, 0.717) is 31.9 Å². The zero-order valence-electron chi connectivity index (χ0n) is 18.1. The van der Waals surface area contributed by atoms with Gasteiger partial charge in [-0.3, -0.25) is 4.79 Å². The number of methoxy groups -OCH3 is 1. The molecule has 158 valence electrons. The van der Waals surface area contributed by atoms with Crippen LogP contribution in [0.25, 0.3) is 5.69 Å². The molecule has 2 aromatic carbocycles. The van der Waals surface area contributed by atoms with Gasteiger partial charge < -0.3 is 14.8 Å². The van der Waals surface area contributed by atoms with Gasteiger partial charge in [-0.2, -0.15) is 9.78 Å². The largest absolute Gasteiger partial charge is 0.438 e. The molecule has 0 aliphatic heterocycles. The van der Waals surface area contributed by atoms with Crippen molar-refractivity contribution < 1.29 is 14.3 Å². The molecular formula is C24H29N3O3. The maximum absolute atomic E-state index is 12.2. The molecule has 30 heavy (non-hydrogen) atoms. The summed E-state index contributed by atoms with van der Waals surface area (Å²) in [5.74, 6) is 1.41. The lowest BCUT2D eigenvalue weighted by molar-refractivity contribution is -0.121. The smallest absolute Gasteiger partial charge is 0.226 e. The van der Waals surface area contributed by atoms with E-state index in [9.17, 15) is 4.79 Å². The van der Waals surface area contributed by atoms with Crippen LogP contribution in [-0.4, -0.2) is 35.9 Å². The second-order valence-electron chi connectivity index (χ2n) is 7.28. The van der Waals surface area contributed by atoms with Gasteiger partial charge in [0.2, 0.25) is 11.8 Å². The molecule has 0 saturated heterocycles. The van der Waals surface area contributed by atoms with Crippen molar-refractivity contribution in [2.24, 2.45) is 0 Å². The number of carbonyl (C=O) groups is 1. The molecule has 0 radical (unpaired) electrons. The van der Waals surface area contributed by atoms with Crippen LogP contribution in [0.4, 0.5) is 0 Å². The first kappa shape index (κ1) is 21.6. The number of aryl methyl sites for hydroxylation is 3. The van der Waals surface area contributed by atoms with Crippen LogP contribution >= 0.6 is 0 Å². The van der Waals surface area contributed by atoms with Gasteiger partial charge in [0.1, 0.15) is 5.75 Å². The van der Waals surface area contributed by atoms with Gasteiger partial charge in [-0.25, -0.2) is 0 Å². The maximum atomic E-state index is 12.2. The molecule has 1 aromatic heterocycles. The van der Waals surface area contributed by atoms with E-state index in [1.54, 1.807) is 7.11 Å². The van der Waals surface area contributed by atoms with E-state index in [1.165, 1.54) is 0 Å². The average Bonchev–Trinajstić information content (AvgIpc) is 3.03. The molecule has 0 fully saturated rings. The third-order valence-corrected chi connectivity index (χ3v) is 5.01. The molecular weight excluding hydrogens is 378 g/mol. The fraction of sp³-hybridized carbons (Fsp3) is 0.333. The minimum Gasteiger partial charge on any atom is -0.438 e. The van der Waals surface area contributed by atoms with Gasteiger partial charge in [-0.15, -0.1) is 0 Å². The Labute approximate surface area is 177 Å². The van der Waals surface area contributed by atoms with Crippen molar-refractivity contribution in [3.05, 3.63) is 70.9 Å². The summed E-state index contributed by atoms with van der Waals surface area (Å²) in [6, 6.07) is 16.0. The van der Waals surface area contributed by atoms with Crippen LogP contribution in [0.2, 0.25) is 0 Å². The van der Waals surface area contributed by atoms with Gasteiger partial charge in [0.05, 0.1) is 18.0 Å². The molecule has 3 rings (SSSR count). The first-order valence-corrected chi connectivity index (χ1v) is 10.1. The van der Waals surface area contributed by atoms with E-state index in [-0.39, 0.29) is 5.91 Å². The highest BCUT2D eigenvalue weighted by atomic mass is 16.5. The van der Waals surface area contributed by atoms with Gasteiger partial charge >= 0.3 is 0 Å². The molecule has 1 N–H and O–H groups in total. The number of hydrogen-bond donors (Lipinski definition) is 1. The average molecular weight is 408 g/mol. The van der Waals surface area contributed by atoms with E-state index >= 15 is 0 Å². The number of aromatic nitrogens is 2. The summed E-state index contributed by atoms with van der Waals surface area (Å²) in [4.78, 5) is 12.2. The lowest BCUT2D eigenvalue weighted by Gasteiger charge is -2.14. The van der Waals surface area contributed by atoms with Crippen LogP contribution in [0.15, 0.2) is 48.5 Å². The number of hydrogen-bond acceptors (Lipinski definition) is 4. The Morgan fingerprint density at radius 2 is 1.73 bits per heavy atom. The molecule has 0 aliphatic rings. The summed E-state index contributed by atoms with van der Waals surface area (Å²) in [6.45, 7) is 7.02. The Hall–Kier alpha value is -3.12. The zero-order valence-corrected chi connectivity index (χ0v) is 18.1. The number of nitrogens with zero attached hydrogens (tertiary/aromatic N) is 2. The van der Waals surface area contributed by atoms with Gasteiger partial charge in [-0.1, -0.05) is 36.4 Å². The van der Waals surface area contributed by atoms with Crippen molar-refractivity contribution in [3.63, 3.8) is 0 Å². The Bertz CT molecular complexity index is 1010. The van der Waals surface area contributed by atoms with Gasteiger partial charge in [0.25, 0.3) is 0 Å². The van der Waals surface area contributed by atoms with E-state index in [4.69, 9.17) is 14.6 Å². The predicted molar refractivity (Wildman–Crippen MR) is 117 cm³/mol. The topological polar surface area (TPSA) is 65.4 Å². The van der Waals surface area contributed by atoms with Crippen LogP contribution in [-0.2, 0) is 16.0 Å². The lowest BCUT2D eigenvalue weighted by Crippen LogP contribution is -2.27. The molecule has 6 nitrogen and oxygen atoms in total. The number of benzene rings is 2. The molecule has 3 aromatic rings. The molecule has 0 bridgehead atoms. The normalized spacial score (nSPS) is 10.8. The van der Waals surface area contributed by atoms with Gasteiger partial charge in [0.15, 0.2) is 0 Å². The summed E-state index contributed by atoms with van der Waals surface area (Å²) in [7, 11) is 1.62. The lowest BCUT2D eigenvalue weighted by atomic mass is 10.1. The van der Waals surface area contributed by atoms with E-state index < -0.39 is 0 Å². The Kier molecular flexibility index (Phi) is 7.25.